The zero-order chi connectivity index (χ0) is 25.5. The maximum Gasteiger partial charge on any atom is 0.416 e. The van der Waals surface area contributed by atoms with Crippen LogP contribution in [0.1, 0.15) is 47.0 Å². The topological polar surface area (TPSA) is 96.6 Å². The number of rotatable bonds is 5. The van der Waals surface area contributed by atoms with Crippen molar-refractivity contribution in [1.82, 2.24) is 19.3 Å². The molecule has 0 N–H and O–H groups in total. The molecule has 0 bridgehead atoms. The number of piperidine rings is 1. The predicted octanol–water partition coefficient (Wildman–Crippen LogP) is 4.17. The molecule has 1 amide bonds. The molecule has 190 valence electrons. The predicted molar refractivity (Wildman–Crippen MR) is 122 cm³/mol. The molecule has 0 aliphatic carbocycles. The van der Waals surface area contributed by atoms with Crippen molar-refractivity contribution in [3.8, 4) is 11.4 Å². The van der Waals surface area contributed by atoms with Crippen molar-refractivity contribution >= 4 is 15.9 Å². The summed E-state index contributed by atoms with van der Waals surface area (Å²) >= 11 is 0. The average Bonchev–Trinajstić information content (AvgIpc) is 3.33. The number of halogens is 3. The summed E-state index contributed by atoms with van der Waals surface area (Å²) in [5.41, 5.74) is -0.255. The molecule has 0 radical (unpaired) electrons. The van der Waals surface area contributed by atoms with E-state index >= 15 is 0 Å². The number of likely N-dealkylation sites (tertiary alicyclic amines) is 1. The van der Waals surface area contributed by atoms with Crippen molar-refractivity contribution in [2.75, 3.05) is 26.2 Å². The first kappa shape index (κ1) is 24.4. The van der Waals surface area contributed by atoms with Gasteiger partial charge in [-0.05, 0) is 49.2 Å². The quantitative estimate of drug-likeness (QED) is 0.501. The molecule has 0 saturated carbocycles. The lowest BCUT2D eigenvalue weighted by molar-refractivity contribution is -0.137. The summed E-state index contributed by atoms with van der Waals surface area (Å²) in [6, 6.07) is 10.6. The second-order valence-electron chi connectivity index (χ2n) is 8.93. The maximum absolute atomic E-state index is 13.0. The van der Waals surface area contributed by atoms with Crippen LogP contribution in [0.2, 0.25) is 0 Å². The molecule has 5 rings (SSSR count). The van der Waals surface area contributed by atoms with E-state index in [1.54, 1.807) is 4.90 Å². The van der Waals surface area contributed by atoms with Crippen LogP contribution in [-0.2, 0) is 16.2 Å². The number of sulfonamides is 1. The Kier molecular flexibility index (Phi) is 6.33. The van der Waals surface area contributed by atoms with Gasteiger partial charge in [-0.1, -0.05) is 23.7 Å². The fraction of sp³-hybridized carbons (Fsp3) is 0.375. The monoisotopic (exact) mass is 520 g/mol. The Morgan fingerprint density at radius 3 is 2.36 bits per heavy atom. The smallest absolute Gasteiger partial charge is 0.339 e. The molecule has 3 heterocycles. The molecule has 0 atom stereocenters. The standard InChI is InChI=1S/C24H23F3N4O4S/c25-24(26,27)19-6-4-5-17(13-19)21-28-22(35-29-21)18-14-30(15-18)23(32)16-7-9-20(10-8-16)36(33,34)31-11-2-1-3-12-31/h4-10,13,18H,1-3,11-12,14-15H2. The largest absolute Gasteiger partial charge is 0.416 e. The van der Waals surface area contributed by atoms with Gasteiger partial charge in [0.15, 0.2) is 0 Å². The second-order valence-corrected chi connectivity index (χ2v) is 10.9. The first-order valence-corrected chi connectivity index (χ1v) is 13.0. The van der Waals surface area contributed by atoms with Crippen molar-refractivity contribution in [3.05, 3.63) is 65.5 Å². The van der Waals surface area contributed by atoms with Crippen molar-refractivity contribution in [2.45, 2.75) is 36.3 Å². The lowest BCUT2D eigenvalue weighted by Crippen LogP contribution is -2.48. The van der Waals surface area contributed by atoms with Gasteiger partial charge in [0, 0.05) is 37.3 Å². The van der Waals surface area contributed by atoms with Crippen LogP contribution in [0.15, 0.2) is 57.9 Å². The van der Waals surface area contributed by atoms with Crippen LogP contribution in [0.25, 0.3) is 11.4 Å². The molecule has 2 aliphatic rings. The molecule has 3 aromatic rings. The second kappa shape index (κ2) is 9.32. The van der Waals surface area contributed by atoms with E-state index in [0.29, 0.717) is 31.7 Å². The molecule has 0 spiro atoms. The van der Waals surface area contributed by atoms with Crippen LogP contribution in [0.5, 0.6) is 0 Å². The Hall–Kier alpha value is -3.25. The number of nitrogens with zero attached hydrogens (tertiary/aromatic N) is 4. The van der Waals surface area contributed by atoms with Crippen LogP contribution < -0.4 is 0 Å². The van der Waals surface area contributed by atoms with E-state index in [0.717, 1.165) is 31.4 Å². The number of alkyl halides is 3. The van der Waals surface area contributed by atoms with Gasteiger partial charge in [0.05, 0.1) is 16.4 Å². The van der Waals surface area contributed by atoms with Gasteiger partial charge in [-0.3, -0.25) is 4.79 Å². The maximum atomic E-state index is 13.0. The van der Waals surface area contributed by atoms with E-state index in [1.807, 2.05) is 0 Å². The molecule has 8 nitrogen and oxygen atoms in total. The van der Waals surface area contributed by atoms with Gasteiger partial charge >= 0.3 is 6.18 Å². The van der Waals surface area contributed by atoms with E-state index < -0.39 is 21.8 Å². The SMILES string of the molecule is O=C(c1ccc(S(=O)(=O)N2CCCCC2)cc1)N1CC(c2nc(-c3cccc(C(F)(F)F)c3)no2)C1. The Balaban J connectivity index is 1.21. The molecular weight excluding hydrogens is 497 g/mol. The minimum absolute atomic E-state index is 0.0476. The first-order valence-electron chi connectivity index (χ1n) is 11.5. The Bertz CT molecular complexity index is 1360. The van der Waals surface area contributed by atoms with Crippen LogP contribution in [0, 0.1) is 0 Å². The van der Waals surface area contributed by atoms with Crippen LogP contribution in [-0.4, -0.2) is 59.8 Å². The summed E-state index contributed by atoms with van der Waals surface area (Å²) < 4.78 is 71.2. The summed E-state index contributed by atoms with van der Waals surface area (Å²) in [6.07, 6.45) is -1.78. The molecule has 0 unspecified atom stereocenters. The fourth-order valence-corrected chi connectivity index (χ4v) is 5.88. The average molecular weight is 521 g/mol. The summed E-state index contributed by atoms with van der Waals surface area (Å²) in [5, 5.41) is 3.79. The van der Waals surface area contributed by atoms with Gasteiger partial charge in [0.2, 0.25) is 21.7 Å². The number of amides is 1. The van der Waals surface area contributed by atoms with Crippen molar-refractivity contribution in [2.24, 2.45) is 0 Å². The highest BCUT2D eigenvalue weighted by molar-refractivity contribution is 7.89. The van der Waals surface area contributed by atoms with Gasteiger partial charge < -0.3 is 9.42 Å². The van der Waals surface area contributed by atoms with Crippen molar-refractivity contribution in [1.29, 1.82) is 0 Å². The third kappa shape index (κ3) is 4.74. The van der Waals surface area contributed by atoms with E-state index in [1.165, 1.54) is 40.7 Å². The van der Waals surface area contributed by atoms with E-state index in [4.69, 9.17) is 4.52 Å². The third-order valence-electron chi connectivity index (χ3n) is 6.46. The highest BCUT2D eigenvalue weighted by Crippen LogP contribution is 2.33. The van der Waals surface area contributed by atoms with Gasteiger partial charge in [-0.15, -0.1) is 0 Å². The van der Waals surface area contributed by atoms with Crippen molar-refractivity contribution in [3.63, 3.8) is 0 Å². The van der Waals surface area contributed by atoms with Crippen LogP contribution in [0.3, 0.4) is 0 Å². The molecule has 2 aliphatic heterocycles. The lowest BCUT2D eigenvalue weighted by atomic mass is 9.98. The van der Waals surface area contributed by atoms with Gasteiger partial charge in [0.1, 0.15) is 0 Å². The van der Waals surface area contributed by atoms with Gasteiger partial charge in [0.25, 0.3) is 5.91 Å². The lowest BCUT2D eigenvalue weighted by Gasteiger charge is -2.37. The zero-order valence-electron chi connectivity index (χ0n) is 19.1. The third-order valence-corrected chi connectivity index (χ3v) is 8.37. The number of benzene rings is 2. The molecule has 2 fully saturated rings. The summed E-state index contributed by atoms with van der Waals surface area (Å²) in [5.74, 6) is -0.202. The van der Waals surface area contributed by atoms with E-state index in [2.05, 4.69) is 10.1 Å². The Labute approximate surface area is 205 Å². The fourth-order valence-electron chi connectivity index (χ4n) is 4.36. The number of aromatic nitrogens is 2. The summed E-state index contributed by atoms with van der Waals surface area (Å²) in [4.78, 5) is 18.8. The molecule has 1 aromatic heterocycles. The minimum Gasteiger partial charge on any atom is -0.339 e. The van der Waals surface area contributed by atoms with Gasteiger partial charge in [-0.25, -0.2) is 8.42 Å². The van der Waals surface area contributed by atoms with E-state index in [9.17, 15) is 26.4 Å². The summed E-state index contributed by atoms with van der Waals surface area (Å²) in [7, 11) is -3.57. The first-order chi connectivity index (χ1) is 17.1. The molecule has 2 aromatic carbocycles. The van der Waals surface area contributed by atoms with Crippen LogP contribution >= 0.6 is 0 Å². The number of carbonyl (C=O) groups is 1. The Morgan fingerprint density at radius 2 is 1.69 bits per heavy atom. The highest BCUT2D eigenvalue weighted by Gasteiger charge is 2.37. The highest BCUT2D eigenvalue weighted by atomic mass is 32.2. The molecule has 12 heteroatoms. The minimum atomic E-state index is -4.48. The number of hydrogen-bond donors (Lipinski definition) is 0. The molecular formula is C24H23F3N4O4S. The van der Waals surface area contributed by atoms with Gasteiger partial charge in [-0.2, -0.15) is 22.5 Å². The zero-order valence-corrected chi connectivity index (χ0v) is 19.9. The van der Waals surface area contributed by atoms with Crippen molar-refractivity contribution < 1.29 is 30.9 Å². The van der Waals surface area contributed by atoms with E-state index in [-0.39, 0.29) is 34.0 Å². The molecule has 2 saturated heterocycles. The normalized spacial score (nSPS) is 17.7. The number of carbonyl (C=O) groups excluding carboxylic acids is 1. The molecule has 36 heavy (non-hydrogen) atoms. The Morgan fingerprint density at radius 1 is 1.00 bits per heavy atom. The number of hydrogen-bond acceptors (Lipinski definition) is 6. The van der Waals surface area contributed by atoms with Crippen LogP contribution in [0.4, 0.5) is 13.2 Å². The summed E-state index contributed by atoms with van der Waals surface area (Å²) in [6.45, 7) is 1.61.